The Bertz CT molecular complexity index is 145. The SMILES string of the molecule is CC1CCC(CCC(Cl)C(C)C)CC1. The maximum Gasteiger partial charge on any atom is 0.0359 e. The molecule has 1 aliphatic rings. The van der Waals surface area contributed by atoms with Crippen LogP contribution in [0.3, 0.4) is 0 Å². The molecule has 0 aromatic heterocycles. The molecule has 14 heavy (non-hydrogen) atoms. The average molecular weight is 217 g/mol. The van der Waals surface area contributed by atoms with E-state index < -0.39 is 0 Å². The van der Waals surface area contributed by atoms with Crippen LogP contribution in [0.4, 0.5) is 0 Å². The van der Waals surface area contributed by atoms with Crippen LogP contribution in [0.15, 0.2) is 0 Å². The molecular weight excluding hydrogens is 192 g/mol. The maximum absolute atomic E-state index is 6.26. The zero-order valence-corrected chi connectivity index (χ0v) is 10.7. The molecule has 1 rings (SSSR count). The van der Waals surface area contributed by atoms with Crippen molar-refractivity contribution in [2.24, 2.45) is 17.8 Å². The number of hydrogen-bond acceptors (Lipinski definition) is 0. The first-order valence-corrected chi connectivity index (χ1v) is 6.67. The molecule has 0 nitrogen and oxygen atoms in total. The molecule has 1 fully saturated rings. The molecule has 1 unspecified atom stereocenters. The van der Waals surface area contributed by atoms with Gasteiger partial charge in [0.15, 0.2) is 0 Å². The van der Waals surface area contributed by atoms with Crippen LogP contribution in [0.5, 0.6) is 0 Å². The Labute approximate surface area is 94.4 Å². The van der Waals surface area contributed by atoms with E-state index in [2.05, 4.69) is 20.8 Å². The van der Waals surface area contributed by atoms with Crippen LogP contribution in [-0.2, 0) is 0 Å². The number of alkyl halides is 1. The van der Waals surface area contributed by atoms with E-state index in [9.17, 15) is 0 Å². The zero-order valence-electron chi connectivity index (χ0n) is 9.93. The van der Waals surface area contributed by atoms with Gasteiger partial charge in [-0.05, 0) is 30.6 Å². The topological polar surface area (TPSA) is 0 Å². The van der Waals surface area contributed by atoms with E-state index in [4.69, 9.17) is 11.6 Å². The molecule has 0 aliphatic heterocycles. The lowest BCUT2D eigenvalue weighted by molar-refractivity contribution is 0.270. The monoisotopic (exact) mass is 216 g/mol. The molecule has 1 heteroatoms. The van der Waals surface area contributed by atoms with Crippen molar-refractivity contribution in [1.82, 2.24) is 0 Å². The summed E-state index contributed by atoms with van der Waals surface area (Å²) < 4.78 is 0. The Morgan fingerprint density at radius 1 is 1.14 bits per heavy atom. The fourth-order valence-corrected chi connectivity index (χ4v) is 2.47. The summed E-state index contributed by atoms with van der Waals surface area (Å²) in [6.45, 7) is 6.83. The zero-order chi connectivity index (χ0) is 10.6. The second-order valence-electron chi connectivity index (χ2n) is 5.46. The van der Waals surface area contributed by atoms with E-state index in [1.54, 1.807) is 0 Å². The Kier molecular flexibility index (Phi) is 5.30. The molecule has 84 valence electrons. The molecular formula is C13H25Cl. The standard InChI is InChI=1S/C13H25Cl/c1-10(2)13(14)9-8-12-6-4-11(3)5-7-12/h10-13H,4-9H2,1-3H3. The lowest BCUT2D eigenvalue weighted by Gasteiger charge is -2.27. The largest absolute Gasteiger partial charge is 0.123 e. The molecule has 0 amide bonds. The molecule has 1 aliphatic carbocycles. The van der Waals surface area contributed by atoms with Crippen LogP contribution < -0.4 is 0 Å². The van der Waals surface area contributed by atoms with Gasteiger partial charge in [-0.1, -0.05) is 46.5 Å². The van der Waals surface area contributed by atoms with Gasteiger partial charge < -0.3 is 0 Å². The van der Waals surface area contributed by atoms with Gasteiger partial charge in [-0.3, -0.25) is 0 Å². The van der Waals surface area contributed by atoms with Gasteiger partial charge in [0.05, 0.1) is 0 Å². The fraction of sp³-hybridized carbons (Fsp3) is 1.00. The summed E-state index contributed by atoms with van der Waals surface area (Å²) in [4.78, 5) is 0. The van der Waals surface area contributed by atoms with Crippen molar-refractivity contribution in [2.45, 2.75) is 64.7 Å². The number of hydrogen-bond donors (Lipinski definition) is 0. The van der Waals surface area contributed by atoms with Crippen molar-refractivity contribution >= 4 is 11.6 Å². The van der Waals surface area contributed by atoms with E-state index in [0.717, 1.165) is 11.8 Å². The van der Waals surface area contributed by atoms with E-state index in [-0.39, 0.29) is 0 Å². The normalized spacial score (nSPS) is 30.6. The number of halogens is 1. The van der Waals surface area contributed by atoms with E-state index in [1.165, 1.54) is 38.5 Å². The van der Waals surface area contributed by atoms with Gasteiger partial charge in [-0.15, -0.1) is 11.6 Å². The molecule has 0 N–H and O–H groups in total. The minimum Gasteiger partial charge on any atom is -0.123 e. The maximum atomic E-state index is 6.26. The van der Waals surface area contributed by atoms with Crippen molar-refractivity contribution in [1.29, 1.82) is 0 Å². The van der Waals surface area contributed by atoms with Crippen LogP contribution in [0.2, 0.25) is 0 Å². The highest BCUT2D eigenvalue weighted by Crippen LogP contribution is 2.32. The van der Waals surface area contributed by atoms with Gasteiger partial charge in [-0.2, -0.15) is 0 Å². The summed E-state index contributed by atoms with van der Waals surface area (Å²) in [6.07, 6.45) is 8.36. The molecule has 0 aromatic carbocycles. The van der Waals surface area contributed by atoms with Gasteiger partial charge in [0.2, 0.25) is 0 Å². The highest BCUT2D eigenvalue weighted by molar-refractivity contribution is 6.20. The Morgan fingerprint density at radius 2 is 1.71 bits per heavy atom. The second-order valence-corrected chi connectivity index (χ2v) is 6.02. The summed E-state index contributed by atoms with van der Waals surface area (Å²) in [5.74, 6) is 2.59. The summed E-state index contributed by atoms with van der Waals surface area (Å²) >= 11 is 6.26. The lowest BCUT2D eigenvalue weighted by atomic mass is 9.80. The highest BCUT2D eigenvalue weighted by atomic mass is 35.5. The van der Waals surface area contributed by atoms with E-state index in [0.29, 0.717) is 11.3 Å². The molecule has 0 bridgehead atoms. The first-order valence-electron chi connectivity index (χ1n) is 6.23. The van der Waals surface area contributed by atoms with Crippen LogP contribution in [0, 0.1) is 17.8 Å². The highest BCUT2D eigenvalue weighted by Gasteiger charge is 2.19. The van der Waals surface area contributed by atoms with E-state index >= 15 is 0 Å². The first kappa shape index (κ1) is 12.4. The molecule has 0 spiro atoms. The Hall–Kier alpha value is 0.290. The first-order chi connectivity index (χ1) is 6.59. The third-order valence-electron chi connectivity index (χ3n) is 3.71. The second kappa shape index (κ2) is 6.00. The van der Waals surface area contributed by atoms with Crippen molar-refractivity contribution in [2.75, 3.05) is 0 Å². The van der Waals surface area contributed by atoms with Crippen molar-refractivity contribution in [3.63, 3.8) is 0 Å². The van der Waals surface area contributed by atoms with Crippen LogP contribution in [0.1, 0.15) is 59.3 Å². The predicted molar refractivity (Wildman–Crippen MR) is 64.8 cm³/mol. The fourth-order valence-electron chi connectivity index (χ4n) is 2.35. The molecule has 1 saturated carbocycles. The summed E-state index contributed by atoms with van der Waals surface area (Å²) in [5.41, 5.74) is 0. The quantitative estimate of drug-likeness (QED) is 0.589. The third kappa shape index (κ3) is 4.21. The average Bonchev–Trinajstić information content (AvgIpc) is 2.16. The van der Waals surface area contributed by atoms with Crippen LogP contribution in [-0.4, -0.2) is 5.38 Å². The number of rotatable bonds is 4. The molecule has 0 aromatic rings. The third-order valence-corrected chi connectivity index (χ3v) is 4.43. The smallest absolute Gasteiger partial charge is 0.0359 e. The molecule has 0 heterocycles. The van der Waals surface area contributed by atoms with Gasteiger partial charge >= 0.3 is 0 Å². The Balaban J connectivity index is 2.13. The van der Waals surface area contributed by atoms with Crippen molar-refractivity contribution in [3.8, 4) is 0 Å². The van der Waals surface area contributed by atoms with Crippen LogP contribution >= 0.6 is 11.6 Å². The minimum absolute atomic E-state index is 0.398. The lowest BCUT2D eigenvalue weighted by Crippen LogP contribution is -2.15. The Morgan fingerprint density at radius 3 is 2.21 bits per heavy atom. The van der Waals surface area contributed by atoms with E-state index in [1.807, 2.05) is 0 Å². The van der Waals surface area contributed by atoms with Crippen molar-refractivity contribution in [3.05, 3.63) is 0 Å². The van der Waals surface area contributed by atoms with Crippen molar-refractivity contribution < 1.29 is 0 Å². The molecule has 0 saturated heterocycles. The van der Waals surface area contributed by atoms with Crippen LogP contribution in [0.25, 0.3) is 0 Å². The summed E-state index contributed by atoms with van der Waals surface area (Å²) in [5, 5.41) is 0.398. The molecule has 0 radical (unpaired) electrons. The predicted octanol–water partition coefficient (Wildman–Crippen LogP) is 4.86. The van der Waals surface area contributed by atoms with Gasteiger partial charge in [0, 0.05) is 5.38 Å². The summed E-state index contributed by atoms with van der Waals surface area (Å²) in [7, 11) is 0. The van der Waals surface area contributed by atoms with Gasteiger partial charge in [0.25, 0.3) is 0 Å². The minimum atomic E-state index is 0.398. The van der Waals surface area contributed by atoms with Gasteiger partial charge in [-0.25, -0.2) is 0 Å². The van der Waals surface area contributed by atoms with Gasteiger partial charge in [0.1, 0.15) is 0 Å². The molecule has 1 atom stereocenters. The summed E-state index contributed by atoms with van der Waals surface area (Å²) in [6, 6.07) is 0.